The molecule has 0 unspecified atom stereocenters. The summed E-state index contributed by atoms with van der Waals surface area (Å²) in [4.78, 5) is 12.2. The van der Waals surface area contributed by atoms with Crippen molar-refractivity contribution in [2.24, 2.45) is 33.7 Å². The summed E-state index contributed by atoms with van der Waals surface area (Å²) in [5.74, 6) is 1.86. The van der Waals surface area contributed by atoms with E-state index in [9.17, 15) is 9.90 Å². The molecule has 0 bridgehead atoms. The van der Waals surface area contributed by atoms with E-state index in [4.69, 9.17) is 0 Å². The minimum Gasteiger partial charge on any atom is -0.393 e. The molecule has 0 aromatic carbocycles. The first-order chi connectivity index (χ1) is 14.9. The lowest BCUT2D eigenvalue weighted by Crippen LogP contribution is -2.50. The van der Waals surface area contributed by atoms with Crippen molar-refractivity contribution in [3.05, 3.63) is 54.4 Å². The number of nitrogens with one attached hydrogen (secondary N) is 1. The molecule has 0 spiro atoms. The number of nitrogens with zero attached hydrogens (tertiary/aromatic N) is 2. The lowest BCUT2D eigenvalue weighted by molar-refractivity contribution is -0.684. The molecule has 0 aliphatic heterocycles. The Morgan fingerprint density at radius 3 is 2.77 bits per heavy atom. The van der Waals surface area contributed by atoms with Crippen LogP contribution in [0.3, 0.4) is 0 Å². The van der Waals surface area contributed by atoms with Gasteiger partial charge < -0.3 is 5.11 Å². The van der Waals surface area contributed by atoms with E-state index < -0.39 is 0 Å². The molecule has 2 N–H and O–H groups in total. The third-order valence-corrected chi connectivity index (χ3v) is 8.93. The number of rotatable bonds is 3. The molecule has 3 fully saturated rings. The van der Waals surface area contributed by atoms with Gasteiger partial charge in [0, 0.05) is 17.5 Å². The highest BCUT2D eigenvalue weighted by Gasteiger charge is 2.58. The molecule has 5 nitrogen and oxygen atoms in total. The van der Waals surface area contributed by atoms with E-state index in [0.29, 0.717) is 17.8 Å². The van der Waals surface area contributed by atoms with Crippen LogP contribution in [0.15, 0.2) is 59.5 Å². The number of aliphatic hydroxyl groups excluding tert-OH is 1. The maximum atomic E-state index is 12.2. The Bertz CT molecular complexity index is 953. The Hall–Kier alpha value is -2.27. The van der Waals surface area contributed by atoms with Crippen molar-refractivity contribution in [1.29, 1.82) is 0 Å². The number of amides is 1. The summed E-state index contributed by atoms with van der Waals surface area (Å²) < 4.78 is 1.83. The summed E-state index contributed by atoms with van der Waals surface area (Å²) >= 11 is 0. The molecule has 4 aliphatic rings. The standard InChI is InChI=1S/C26H33N3O2/c1-25-12-10-19(27-28-24(31)17-29-14-4-3-5-15-29)16-18(25)6-7-20-21-8-9-23(30)26(21,2)13-11-22(20)25/h3-5,10,12,14-16,20-23,30H,6-9,11,13,17H2,1-2H3/p+1/b27-19-/t20-,21-,22-,23+,25-,26-/m0/s1. The van der Waals surface area contributed by atoms with Crippen LogP contribution in [-0.2, 0) is 11.3 Å². The van der Waals surface area contributed by atoms with E-state index in [2.05, 4.69) is 42.6 Å². The monoisotopic (exact) mass is 420 g/mol. The minimum absolute atomic E-state index is 0.0701. The summed E-state index contributed by atoms with van der Waals surface area (Å²) in [6, 6.07) is 5.75. The Morgan fingerprint density at radius 2 is 1.97 bits per heavy atom. The van der Waals surface area contributed by atoms with Gasteiger partial charge in [-0.2, -0.15) is 9.67 Å². The number of allylic oxidation sites excluding steroid dienone is 4. The summed E-state index contributed by atoms with van der Waals surface area (Å²) in [6.45, 7) is 4.98. The molecule has 4 aliphatic carbocycles. The van der Waals surface area contributed by atoms with Gasteiger partial charge in [0.2, 0.25) is 6.54 Å². The third kappa shape index (κ3) is 3.47. The highest BCUT2D eigenvalue weighted by atomic mass is 16.3. The first kappa shape index (κ1) is 20.6. The predicted octanol–water partition coefficient (Wildman–Crippen LogP) is 3.55. The second kappa shape index (κ2) is 7.70. The molecule has 1 aromatic heterocycles. The molecule has 0 radical (unpaired) electrons. The van der Waals surface area contributed by atoms with Gasteiger partial charge >= 0.3 is 5.91 Å². The molecule has 5 rings (SSSR count). The molecule has 0 saturated heterocycles. The zero-order valence-corrected chi connectivity index (χ0v) is 18.6. The first-order valence-electron chi connectivity index (χ1n) is 11.8. The number of fused-ring (bicyclic) bond motifs is 5. The van der Waals surface area contributed by atoms with Crippen LogP contribution < -0.4 is 9.99 Å². The van der Waals surface area contributed by atoms with Gasteiger partial charge in [-0.1, -0.05) is 31.6 Å². The van der Waals surface area contributed by atoms with Crippen molar-refractivity contribution in [2.45, 2.75) is 65.0 Å². The number of carbonyl (C=O) groups is 1. The number of hydrazone groups is 1. The molecule has 1 aromatic rings. The van der Waals surface area contributed by atoms with Gasteiger partial charge in [0.1, 0.15) is 0 Å². The van der Waals surface area contributed by atoms with Gasteiger partial charge in [0.15, 0.2) is 12.4 Å². The van der Waals surface area contributed by atoms with Crippen LogP contribution in [0.25, 0.3) is 0 Å². The fraction of sp³-hybridized carbons (Fsp3) is 0.577. The van der Waals surface area contributed by atoms with Crippen LogP contribution in [0.4, 0.5) is 0 Å². The smallest absolute Gasteiger partial charge is 0.305 e. The van der Waals surface area contributed by atoms with Crippen molar-refractivity contribution < 1.29 is 14.5 Å². The van der Waals surface area contributed by atoms with Crippen molar-refractivity contribution >= 4 is 11.6 Å². The Balaban J connectivity index is 1.29. The van der Waals surface area contributed by atoms with Crippen molar-refractivity contribution in [3.63, 3.8) is 0 Å². The SMILES string of the molecule is C[C@]12CC[C@H]3[C@@H](CCC4=C/C(=N\NC(=O)C[n+]5ccccc5)C=C[C@@]43C)[C@@H]1CC[C@H]2O. The third-order valence-electron chi connectivity index (χ3n) is 8.93. The van der Waals surface area contributed by atoms with Crippen LogP contribution in [-0.4, -0.2) is 22.8 Å². The molecule has 3 saturated carbocycles. The van der Waals surface area contributed by atoms with Crippen molar-refractivity contribution in [3.8, 4) is 0 Å². The number of aliphatic hydroxyl groups is 1. The topological polar surface area (TPSA) is 65.6 Å². The van der Waals surface area contributed by atoms with Crippen LogP contribution in [0.2, 0.25) is 0 Å². The molecule has 6 atom stereocenters. The molecular formula is C26H34N3O2+. The number of carbonyl (C=O) groups excluding carboxylic acids is 1. The van der Waals surface area contributed by atoms with Crippen LogP contribution in [0.5, 0.6) is 0 Å². The highest BCUT2D eigenvalue weighted by Crippen LogP contribution is 2.64. The Kier molecular flexibility index (Phi) is 5.12. The Morgan fingerprint density at radius 1 is 1.16 bits per heavy atom. The van der Waals surface area contributed by atoms with Gasteiger partial charge in [0.05, 0.1) is 11.8 Å². The van der Waals surface area contributed by atoms with E-state index in [1.165, 1.54) is 24.8 Å². The van der Waals surface area contributed by atoms with Gasteiger partial charge in [-0.25, -0.2) is 5.43 Å². The summed E-state index contributed by atoms with van der Waals surface area (Å²) in [5.41, 5.74) is 5.17. The number of aromatic nitrogens is 1. The van der Waals surface area contributed by atoms with Crippen molar-refractivity contribution in [1.82, 2.24) is 5.43 Å². The Labute approximate surface area is 184 Å². The van der Waals surface area contributed by atoms with E-state index in [-0.39, 0.29) is 29.4 Å². The molecule has 1 heterocycles. The zero-order chi connectivity index (χ0) is 21.6. The average molecular weight is 421 g/mol. The lowest BCUT2D eigenvalue weighted by atomic mass is 9.48. The van der Waals surface area contributed by atoms with Gasteiger partial charge in [-0.05, 0) is 73.8 Å². The maximum absolute atomic E-state index is 12.2. The minimum atomic E-state index is -0.126. The van der Waals surface area contributed by atoms with E-state index >= 15 is 0 Å². The quantitative estimate of drug-likeness (QED) is 0.580. The van der Waals surface area contributed by atoms with Gasteiger partial charge in [-0.3, -0.25) is 4.79 Å². The average Bonchev–Trinajstić information content (AvgIpc) is 3.07. The molecular weight excluding hydrogens is 386 g/mol. The number of hydrogen-bond acceptors (Lipinski definition) is 3. The predicted molar refractivity (Wildman–Crippen MR) is 120 cm³/mol. The molecule has 1 amide bonds. The van der Waals surface area contributed by atoms with E-state index in [1.807, 2.05) is 35.2 Å². The summed E-state index contributed by atoms with van der Waals surface area (Å²) in [6.07, 6.45) is 17.0. The van der Waals surface area contributed by atoms with Crippen LogP contribution >= 0.6 is 0 Å². The molecule has 164 valence electrons. The first-order valence-corrected chi connectivity index (χ1v) is 11.8. The van der Waals surface area contributed by atoms with Gasteiger partial charge in [0.25, 0.3) is 0 Å². The maximum Gasteiger partial charge on any atom is 0.305 e. The summed E-state index contributed by atoms with van der Waals surface area (Å²) in [5, 5.41) is 15.0. The molecule has 5 heteroatoms. The largest absolute Gasteiger partial charge is 0.393 e. The second-order valence-corrected chi connectivity index (χ2v) is 10.5. The number of hydrogen-bond donors (Lipinski definition) is 2. The summed E-state index contributed by atoms with van der Waals surface area (Å²) in [7, 11) is 0. The highest BCUT2D eigenvalue weighted by molar-refractivity contribution is 6.06. The van der Waals surface area contributed by atoms with Gasteiger partial charge in [-0.15, -0.1) is 0 Å². The number of pyridine rings is 1. The zero-order valence-electron chi connectivity index (χ0n) is 18.6. The van der Waals surface area contributed by atoms with Crippen LogP contribution in [0, 0.1) is 28.6 Å². The van der Waals surface area contributed by atoms with Crippen molar-refractivity contribution in [2.75, 3.05) is 0 Å². The lowest BCUT2D eigenvalue weighted by Gasteiger charge is -2.56. The fourth-order valence-corrected chi connectivity index (χ4v) is 7.12. The molecule has 31 heavy (non-hydrogen) atoms. The van der Waals surface area contributed by atoms with Crippen LogP contribution in [0.1, 0.15) is 52.4 Å². The van der Waals surface area contributed by atoms with E-state index in [1.54, 1.807) is 0 Å². The fourth-order valence-electron chi connectivity index (χ4n) is 7.12. The van der Waals surface area contributed by atoms with E-state index in [0.717, 1.165) is 25.0 Å². The second-order valence-electron chi connectivity index (χ2n) is 10.5. The normalized spacial score (nSPS) is 40.0.